The highest BCUT2D eigenvalue weighted by Gasteiger charge is 2.31. The van der Waals surface area contributed by atoms with Crippen LogP contribution in [0.1, 0.15) is 43.2 Å². The standard InChI is InChI=1S/C14H24N2O2/c1-11-6-7-14(18-11)13(10-15)16(8-3-9-17)12-4-2-5-12/h6-7,12-13,17H,2-5,8-10,15H2,1H3. The number of hydrogen-bond acceptors (Lipinski definition) is 4. The van der Waals surface area contributed by atoms with E-state index in [0.29, 0.717) is 12.6 Å². The molecule has 0 aliphatic heterocycles. The molecule has 2 rings (SSSR count). The SMILES string of the molecule is Cc1ccc(C(CN)N(CCCO)C2CCC2)o1. The number of aryl methyl sites for hydroxylation is 1. The molecule has 1 saturated carbocycles. The number of furan rings is 1. The minimum absolute atomic E-state index is 0.149. The maximum Gasteiger partial charge on any atom is 0.122 e. The molecule has 0 spiro atoms. The van der Waals surface area contributed by atoms with Gasteiger partial charge in [-0.25, -0.2) is 0 Å². The van der Waals surface area contributed by atoms with Gasteiger partial charge in [0, 0.05) is 25.7 Å². The lowest BCUT2D eigenvalue weighted by Gasteiger charge is -2.41. The second-order valence-corrected chi connectivity index (χ2v) is 5.10. The van der Waals surface area contributed by atoms with Gasteiger partial charge in [0.25, 0.3) is 0 Å². The van der Waals surface area contributed by atoms with Gasteiger partial charge >= 0.3 is 0 Å². The molecular weight excluding hydrogens is 228 g/mol. The summed E-state index contributed by atoms with van der Waals surface area (Å²) in [6.45, 7) is 3.65. The minimum Gasteiger partial charge on any atom is -0.465 e. The van der Waals surface area contributed by atoms with Crippen molar-refractivity contribution in [2.75, 3.05) is 19.7 Å². The van der Waals surface area contributed by atoms with Crippen LogP contribution in [0.3, 0.4) is 0 Å². The van der Waals surface area contributed by atoms with Gasteiger partial charge in [0.15, 0.2) is 0 Å². The smallest absolute Gasteiger partial charge is 0.122 e. The first-order valence-corrected chi connectivity index (χ1v) is 6.89. The molecule has 1 aliphatic carbocycles. The molecule has 0 amide bonds. The molecule has 4 nitrogen and oxygen atoms in total. The Morgan fingerprint density at radius 1 is 1.50 bits per heavy atom. The van der Waals surface area contributed by atoms with E-state index in [9.17, 15) is 0 Å². The number of nitrogens with zero attached hydrogens (tertiary/aromatic N) is 1. The predicted molar refractivity (Wildman–Crippen MR) is 71.3 cm³/mol. The maximum absolute atomic E-state index is 9.04. The molecule has 1 aromatic rings. The molecule has 0 radical (unpaired) electrons. The molecule has 1 aliphatic rings. The zero-order chi connectivity index (χ0) is 13.0. The van der Waals surface area contributed by atoms with E-state index in [-0.39, 0.29) is 12.6 Å². The van der Waals surface area contributed by atoms with E-state index in [2.05, 4.69) is 4.90 Å². The van der Waals surface area contributed by atoms with E-state index in [1.54, 1.807) is 0 Å². The van der Waals surface area contributed by atoms with E-state index < -0.39 is 0 Å². The van der Waals surface area contributed by atoms with Crippen LogP contribution < -0.4 is 5.73 Å². The van der Waals surface area contributed by atoms with Gasteiger partial charge in [-0.1, -0.05) is 6.42 Å². The third kappa shape index (κ3) is 2.94. The summed E-state index contributed by atoms with van der Waals surface area (Å²) in [5.41, 5.74) is 5.94. The van der Waals surface area contributed by atoms with Gasteiger partial charge in [0.1, 0.15) is 11.5 Å². The maximum atomic E-state index is 9.04. The Morgan fingerprint density at radius 2 is 2.28 bits per heavy atom. The summed E-state index contributed by atoms with van der Waals surface area (Å²) < 4.78 is 5.73. The number of nitrogens with two attached hydrogens (primary N) is 1. The summed E-state index contributed by atoms with van der Waals surface area (Å²) >= 11 is 0. The Morgan fingerprint density at radius 3 is 2.72 bits per heavy atom. The van der Waals surface area contributed by atoms with Crippen LogP contribution in [0.25, 0.3) is 0 Å². The van der Waals surface area contributed by atoms with Crippen molar-refractivity contribution in [3.8, 4) is 0 Å². The van der Waals surface area contributed by atoms with Gasteiger partial charge in [0.05, 0.1) is 6.04 Å². The Balaban J connectivity index is 2.09. The molecule has 4 heteroatoms. The van der Waals surface area contributed by atoms with E-state index in [0.717, 1.165) is 24.5 Å². The lowest BCUT2D eigenvalue weighted by atomic mass is 9.89. The quantitative estimate of drug-likeness (QED) is 0.777. The third-order valence-electron chi connectivity index (χ3n) is 3.83. The predicted octanol–water partition coefficient (Wildman–Crippen LogP) is 1.82. The molecule has 0 aromatic carbocycles. The van der Waals surface area contributed by atoms with Crippen LogP contribution in [0, 0.1) is 6.92 Å². The molecule has 0 bridgehead atoms. The normalized spacial score (nSPS) is 18.0. The molecule has 1 fully saturated rings. The van der Waals surface area contributed by atoms with Gasteiger partial charge in [-0.15, -0.1) is 0 Å². The second-order valence-electron chi connectivity index (χ2n) is 5.10. The average Bonchev–Trinajstić information content (AvgIpc) is 2.71. The topological polar surface area (TPSA) is 62.6 Å². The molecule has 1 atom stereocenters. The highest BCUT2D eigenvalue weighted by Crippen LogP contribution is 2.32. The number of rotatable bonds is 7. The van der Waals surface area contributed by atoms with Crippen molar-refractivity contribution in [1.82, 2.24) is 4.90 Å². The van der Waals surface area contributed by atoms with Crippen molar-refractivity contribution in [1.29, 1.82) is 0 Å². The van der Waals surface area contributed by atoms with Crippen LogP contribution in [0.15, 0.2) is 16.5 Å². The van der Waals surface area contributed by atoms with Crippen molar-refractivity contribution in [2.24, 2.45) is 5.73 Å². The zero-order valence-electron chi connectivity index (χ0n) is 11.1. The molecule has 3 N–H and O–H groups in total. The fourth-order valence-corrected chi connectivity index (χ4v) is 2.61. The van der Waals surface area contributed by atoms with Crippen LogP contribution >= 0.6 is 0 Å². The van der Waals surface area contributed by atoms with E-state index in [4.69, 9.17) is 15.3 Å². The summed E-state index contributed by atoms with van der Waals surface area (Å²) in [4.78, 5) is 2.41. The Labute approximate surface area is 109 Å². The Hall–Kier alpha value is -0.840. The largest absolute Gasteiger partial charge is 0.465 e. The zero-order valence-corrected chi connectivity index (χ0v) is 11.1. The summed E-state index contributed by atoms with van der Waals surface area (Å²) in [6.07, 6.45) is 4.57. The molecule has 1 unspecified atom stereocenters. The van der Waals surface area contributed by atoms with Crippen LogP contribution in [0.4, 0.5) is 0 Å². The Kier molecular flexibility index (Phi) is 4.80. The third-order valence-corrected chi connectivity index (χ3v) is 3.83. The van der Waals surface area contributed by atoms with Crippen molar-refractivity contribution in [3.05, 3.63) is 23.7 Å². The lowest BCUT2D eigenvalue weighted by molar-refractivity contribution is 0.0642. The highest BCUT2D eigenvalue weighted by atomic mass is 16.3. The number of aliphatic hydroxyl groups excluding tert-OH is 1. The van der Waals surface area contributed by atoms with Crippen molar-refractivity contribution in [3.63, 3.8) is 0 Å². The number of hydrogen-bond donors (Lipinski definition) is 2. The Bertz CT molecular complexity index is 360. The fraction of sp³-hybridized carbons (Fsp3) is 0.714. The van der Waals surface area contributed by atoms with Gasteiger partial charge in [0.2, 0.25) is 0 Å². The first-order valence-electron chi connectivity index (χ1n) is 6.89. The van der Waals surface area contributed by atoms with Gasteiger partial charge in [-0.2, -0.15) is 0 Å². The van der Waals surface area contributed by atoms with E-state index in [1.165, 1.54) is 19.3 Å². The van der Waals surface area contributed by atoms with Gasteiger partial charge < -0.3 is 15.3 Å². The van der Waals surface area contributed by atoms with Crippen LogP contribution in [-0.2, 0) is 0 Å². The van der Waals surface area contributed by atoms with Crippen molar-refractivity contribution < 1.29 is 9.52 Å². The fourth-order valence-electron chi connectivity index (χ4n) is 2.61. The van der Waals surface area contributed by atoms with Crippen LogP contribution in [-0.4, -0.2) is 35.7 Å². The lowest BCUT2D eigenvalue weighted by Crippen LogP contribution is -2.45. The average molecular weight is 252 g/mol. The van der Waals surface area contributed by atoms with Gasteiger partial charge in [-0.3, -0.25) is 4.90 Å². The molecular formula is C14H24N2O2. The van der Waals surface area contributed by atoms with E-state index in [1.807, 2.05) is 19.1 Å². The van der Waals surface area contributed by atoms with Gasteiger partial charge in [-0.05, 0) is 38.3 Å². The first kappa shape index (κ1) is 13.6. The van der Waals surface area contributed by atoms with Crippen molar-refractivity contribution in [2.45, 2.75) is 44.7 Å². The van der Waals surface area contributed by atoms with Crippen molar-refractivity contribution >= 4 is 0 Å². The summed E-state index contributed by atoms with van der Waals surface area (Å²) in [5, 5.41) is 9.04. The summed E-state index contributed by atoms with van der Waals surface area (Å²) in [6, 6.07) is 4.77. The molecule has 1 aromatic heterocycles. The molecule has 0 saturated heterocycles. The minimum atomic E-state index is 0.149. The first-order chi connectivity index (χ1) is 8.76. The summed E-state index contributed by atoms with van der Waals surface area (Å²) in [7, 11) is 0. The van der Waals surface area contributed by atoms with E-state index >= 15 is 0 Å². The monoisotopic (exact) mass is 252 g/mol. The van der Waals surface area contributed by atoms with Crippen LogP contribution in [0.2, 0.25) is 0 Å². The second kappa shape index (κ2) is 6.36. The van der Waals surface area contributed by atoms with Crippen LogP contribution in [0.5, 0.6) is 0 Å². The number of aliphatic hydroxyl groups is 1. The molecule has 102 valence electrons. The summed E-state index contributed by atoms with van der Waals surface area (Å²) in [5.74, 6) is 1.89. The highest BCUT2D eigenvalue weighted by molar-refractivity contribution is 5.11. The molecule has 18 heavy (non-hydrogen) atoms. The molecule has 1 heterocycles.